The minimum atomic E-state index is -0.380. The number of thioether (sulfide) groups is 1. The number of nitrogens with zero attached hydrogens (tertiary/aromatic N) is 2. The Morgan fingerprint density at radius 1 is 1.08 bits per heavy atom. The maximum absolute atomic E-state index is 12.3. The van der Waals surface area contributed by atoms with Gasteiger partial charge in [0.15, 0.2) is 4.34 Å². The number of hydrogen-bond donors (Lipinski definition) is 1. The second-order valence-corrected chi connectivity index (χ2v) is 8.35. The number of rotatable bonds is 5. The summed E-state index contributed by atoms with van der Waals surface area (Å²) in [7, 11) is 0. The largest absolute Gasteiger partial charge is 0.296 e. The summed E-state index contributed by atoms with van der Waals surface area (Å²) in [5.74, 6) is 0.332. The summed E-state index contributed by atoms with van der Waals surface area (Å²) in [6, 6.07) is 12.3. The van der Waals surface area contributed by atoms with Crippen molar-refractivity contribution in [2.45, 2.75) is 10.1 Å². The highest BCUT2D eigenvalue weighted by molar-refractivity contribution is 8.00. The van der Waals surface area contributed by atoms with Gasteiger partial charge in [-0.05, 0) is 35.9 Å². The van der Waals surface area contributed by atoms with Crippen molar-refractivity contribution in [2.24, 2.45) is 0 Å². The number of halogens is 3. The van der Waals surface area contributed by atoms with E-state index in [1.54, 1.807) is 12.1 Å². The summed E-state index contributed by atoms with van der Waals surface area (Å²) < 4.78 is 0.743. The van der Waals surface area contributed by atoms with Crippen molar-refractivity contribution in [2.75, 3.05) is 5.32 Å². The molecule has 0 aliphatic rings. The summed E-state index contributed by atoms with van der Waals surface area (Å²) in [6.07, 6.45) is 0. The molecule has 4 nitrogen and oxygen atoms in total. The second kappa shape index (κ2) is 8.38. The Bertz CT molecular complexity index is 917. The van der Waals surface area contributed by atoms with Gasteiger partial charge in [0.2, 0.25) is 5.13 Å². The van der Waals surface area contributed by atoms with E-state index in [4.69, 9.17) is 34.8 Å². The van der Waals surface area contributed by atoms with Gasteiger partial charge in [-0.1, -0.05) is 70.0 Å². The summed E-state index contributed by atoms with van der Waals surface area (Å²) in [4.78, 5) is 12.3. The van der Waals surface area contributed by atoms with E-state index in [1.165, 1.54) is 29.2 Å². The van der Waals surface area contributed by atoms with Crippen LogP contribution in [0.3, 0.4) is 0 Å². The van der Waals surface area contributed by atoms with Crippen molar-refractivity contribution in [3.63, 3.8) is 0 Å². The molecule has 0 radical (unpaired) electrons. The molecule has 128 valence electrons. The molecule has 0 spiro atoms. The molecule has 0 fully saturated rings. The first-order chi connectivity index (χ1) is 12.0. The lowest BCUT2D eigenvalue weighted by atomic mass is 10.2. The molecular formula is C16H10Cl3N3OS2. The number of anilines is 1. The number of amides is 1. The van der Waals surface area contributed by atoms with Gasteiger partial charge in [-0.15, -0.1) is 10.2 Å². The van der Waals surface area contributed by atoms with Crippen LogP contribution in [-0.2, 0) is 5.75 Å². The SMILES string of the molecule is O=C(Nc1nnc(SCc2cccc(Cl)c2)s1)c1cc(Cl)ccc1Cl. The smallest absolute Gasteiger partial charge is 0.259 e. The van der Waals surface area contributed by atoms with Crippen LogP contribution in [0.5, 0.6) is 0 Å². The van der Waals surface area contributed by atoms with Gasteiger partial charge in [-0.2, -0.15) is 0 Å². The number of carbonyl (C=O) groups is 1. The highest BCUT2D eigenvalue weighted by Crippen LogP contribution is 2.29. The first-order valence-electron chi connectivity index (χ1n) is 6.98. The first-order valence-corrected chi connectivity index (χ1v) is 9.92. The first kappa shape index (κ1) is 18.5. The van der Waals surface area contributed by atoms with E-state index < -0.39 is 0 Å². The van der Waals surface area contributed by atoms with Crippen molar-refractivity contribution in [1.82, 2.24) is 10.2 Å². The summed E-state index contributed by atoms with van der Waals surface area (Å²) >= 11 is 20.7. The molecule has 1 aromatic heterocycles. The van der Waals surface area contributed by atoms with Crippen LogP contribution in [0.15, 0.2) is 46.8 Å². The zero-order chi connectivity index (χ0) is 17.8. The Balaban J connectivity index is 1.63. The predicted octanol–water partition coefficient (Wildman–Crippen LogP) is 6.04. The lowest BCUT2D eigenvalue weighted by Crippen LogP contribution is -2.12. The second-order valence-electron chi connectivity index (χ2n) is 4.87. The zero-order valence-electron chi connectivity index (χ0n) is 12.5. The molecule has 0 aliphatic heterocycles. The molecule has 9 heteroatoms. The Hall–Kier alpha value is -1.31. The predicted molar refractivity (Wildman–Crippen MR) is 105 cm³/mol. The van der Waals surface area contributed by atoms with Crippen LogP contribution in [0.4, 0.5) is 5.13 Å². The van der Waals surface area contributed by atoms with Crippen molar-refractivity contribution in [1.29, 1.82) is 0 Å². The molecule has 1 N–H and O–H groups in total. The van der Waals surface area contributed by atoms with Crippen molar-refractivity contribution in [3.8, 4) is 0 Å². The van der Waals surface area contributed by atoms with E-state index in [0.717, 1.165) is 9.90 Å². The lowest BCUT2D eigenvalue weighted by Gasteiger charge is -2.03. The number of carbonyl (C=O) groups excluding carboxylic acids is 1. The highest BCUT2D eigenvalue weighted by Gasteiger charge is 2.14. The van der Waals surface area contributed by atoms with Crippen LogP contribution >= 0.6 is 57.9 Å². The molecule has 0 unspecified atom stereocenters. The van der Waals surface area contributed by atoms with E-state index in [9.17, 15) is 4.79 Å². The van der Waals surface area contributed by atoms with Crippen LogP contribution in [0.25, 0.3) is 0 Å². The normalized spacial score (nSPS) is 10.7. The fraction of sp³-hybridized carbons (Fsp3) is 0.0625. The Morgan fingerprint density at radius 3 is 2.68 bits per heavy atom. The third-order valence-electron chi connectivity index (χ3n) is 3.05. The van der Waals surface area contributed by atoms with Gasteiger partial charge in [0.05, 0.1) is 10.6 Å². The molecule has 1 heterocycles. The van der Waals surface area contributed by atoms with Crippen molar-refractivity contribution >= 4 is 68.9 Å². The van der Waals surface area contributed by atoms with E-state index in [1.807, 2.05) is 24.3 Å². The van der Waals surface area contributed by atoms with Gasteiger partial charge in [-0.3, -0.25) is 10.1 Å². The average molecular weight is 431 g/mol. The molecule has 1 amide bonds. The molecule has 0 saturated heterocycles. The monoisotopic (exact) mass is 429 g/mol. The van der Waals surface area contributed by atoms with Gasteiger partial charge < -0.3 is 0 Å². The quantitative estimate of drug-likeness (QED) is 0.396. The van der Waals surface area contributed by atoms with Crippen LogP contribution < -0.4 is 5.32 Å². The van der Waals surface area contributed by atoms with Gasteiger partial charge in [-0.25, -0.2) is 0 Å². The minimum absolute atomic E-state index is 0.289. The maximum atomic E-state index is 12.3. The molecule has 25 heavy (non-hydrogen) atoms. The number of aromatic nitrogens is 2. The van der Waals surface area contributed by atoms with Crippen LogP contribution in [0, 0.1) is 0 Å². The van der Waals surface area contributed by atoms with Gasteiger partial charge >= 0.3 is 0 Å². The van der Waals surface area contributed by atoms with Gasteiger partial charge in [0.25, 0.3) is 5.91 Å². The summed E-state index contributed by atoms with van der Waals surface area (Å²) in [5.41, 5.74) is 1.38. The average Bonchev–Trinajstić information content (AvgIpc) is 3.02. The Kier molecular flexibility index (Phi) is 6.19. The summed E-state index contributed by atoms with van der Waals surface area (Å²) in [6.45, 7) is 0. The fourth-order valence-corrected chi connectivity index (χ4v) is 4.20. The molecule has 0 atom stereocenters. The van der Waals surface area contributed by atoms with E-state index in [2.05, 4.69) is 15.5 Å². The zero-order valence-corrected chi connectivity index (χ0v) is 16.4. The van der Waals surface area contributed by atoms with Crippen molar-refractivity contribution in [3.05, 3.63) is 68.7 Å². The summed E-state index contributed by atoms with van der Waals surface area (Å²) in [5, 5.41) is 12.6. The van der Waals surface area contributed by atoms with Gasteiger partial charge in [0, 0.05) is 15.8 Å². The molecule has 3 aromatic rings. The van der Waals surface area contributed by atoms with E-state index >= 15 is 0 Å². The number of benzene rings is 2. The third kappa shape index (κ3) is 5.09. The molecule has 2 aromatic carbocycles. The number of hydrogen-bond acceptors (Lipinski definition) is 5. The molecular weight excluding hydrogens is 421 g/mol. The fourth-order valence-electron chi connectivity index (χ4n) is 1.93. The minimum Gasteiger partial charge on any atom is -0.296 e. The maximum Gasteiger partial charge on any atom is 0.259 e. The number of nitrogens with one attached hydrogen (secondary N) is 1. The Morgan fingerprint density at radius 2 is 1.88 bits per heavy atom. The Labute approximate surface area is 167 Å². The topological polar surface area (TPSA) is 54.9 Å². The van der Waals surface area contributed by atoms with E-state index in [-0.39, 0.29) is 11.5 Å². The molecule has 0 saturated carbocycles. The standard InChI is InChI=1S/C16H10Cl3N3OS2/c17-10-3-1-2-9(6-10)8-24-16-22-21-15(25-16)20-14(23)12-7-11(18)4-5-13(12)19/h1-7H,8H2,(H,20,21,23). The molecule has 0 aliphatic carbocycles. The van der Waals surface area contributed by atoms with Gasteiger partial charge in [0.1, 0.15) is 0 Å². The highest BCUT2D eigenvalue weighted by atomic mass is 35.5. The van der Waals surface area contributed by atoms with E-state index in [0.29, 0.717) is 26.0 Å². The van der Waals surface area contributed by atoms with Crippen molar-refractivity contribution < 1.29 is 4.79 Å². The lowest BCUT2D eigenvalue weighted by molar-refractivity contribution is 0.102. The molecule has 0 bridgehead atoms. The third-order valence-corrected chi connectivity index (χ3v) is 5.89. The van der Waals surface area contributed by atoms with Crippen LogP contribution in [0.1, 0.15) is 15.9 Å². The molecule has 3 rings (SSSR count). The van der Waals surface area contributed by atoms with Crippen LogP contribution in [-0.4, -0.2) is 16.1 Å². The van der Waals surface area contributed by atoms with Crippen LogP contribution in [0.2, 0.25) is 15.1 Å².